The SMILES string of the molecule is C=CC(=O)OCCC(C)(S)C(F)(F)C(C)(C)C(F)(F)F. The van der Waals surface area contributed by atoms with Gasteiger partial charge in [-0.25, -0.2) is 13.6 Å². The number of ether oxygens (including phenoxy) is 1. The van der Waals surface area contributed by atoms with Gasteiger partial charge < -0.3 is 4.74 Å². The second-order valence-corrected chi connectivity index (χ2v) is 6.08. The lowest BCUT2D eigenvalue weighted by molar-refractivity contribution is -0.293. The van der Waals surface area contributed by atoms with Crippen LogP contribution >= 0.6 is 12.6 Å². The molecule has 0 spiro atoms. The lowest BCUT2D eigenvalue weighted by atomic mass is 9.76. The molecule has 1 atom stereocenters. The number of carbonyl (C=O) groups is 1. The Balaban J connectivity index is 5.07. The summed E-state index contributed by atoms with van der Waals surface area (Å²) in [5.74, 6) is -5.00. The fourth-order valence-electron chi connectivity index (χ4n) is 1.42. The molecule has 0 N–H and O–H groups in total. The van der Waals surface area contributed by atoms with E-state index >= 15 is 0 Å². The van der Waals surface area contributed by atoms with E-state index in [0.29, 0.717) is 13.8 Å². The Bertz CT molecular complexity index is 375. The number of esters is 1. The highest BCUT2D eigenvalue weighted by molar-refractivity contribution is 7.81. The maximum atomic E-state index is 14.1. The van der Waals surface area contributed by atoms with E-state index in [1.54, 1.807) is 0 Å². The van der Waals surface area contributed by atoms with Gasteiger partial charge >= 0.3 is 12.1 Å². The second kappa shape index (κ2) is 5.91. The van der Waals surface area contributed by atoms with Crippen molar-refractivity contribution in [2.24, 2.45) is 5.41 Å². The van der Waals surface area contributed by atoms with Crippen LogP contribution in [0.3, 0.4) is 0 Å². The van der Waals surface area contributed by atoms with Gasteiger partial charge in [-0.1, -0.05) is 6.58 Å². The Morgan fingerprint density at radius 3 is 2.00 bits per heavy atom. The van der Waals surface area contributed by atoms with Gasteiger partial charge in [0.05, 0.1) is 11.4 Å². The van der Waals surface area contributed by atoms with Crippen molar-refractivity contribution >= 4 is 18.6 Å². The van der Waals surface area contributed by atoms with Gasteiger partial charge in [0.2, 0.25) is 0 Å². The van der Waals surface area contributed by atoms with Crippen LogP contribution < -0.4 is 0 Å². The first-order chi connectivity index (χ1) is 8.70. The van der Waals surface area contributed by atoms with E-state index in [1.165, 1.54) is 0 Å². The van der Waals surface area contributed by atoms with Gasteiger partial charge in [0.25, 0.3) is 5.92 Å². The van der Waals surface area contributed by atoms with Crippen LogP contribution in [0, 0.1) is 5.41 Å². The highest BCUT2D eigenvalue weighted by atomic mass is 32.1. The molecule has 0 bridgehead atoms. The molecule has 0 heterocycles. The van der Waals surface area contributed by atoms with E-state index in [-0.39, 0.29) is 0 Å². The van der Waals surface area contributed by atoms with Gasteiger partial charge in [-0.05, 0) is 20.8 Å². The molecule has 0 fully saturated rings. The first-order valence-electron chi connectivity index (χ1n) is 5.67. The van der Waals surface area contributed by atoms with E-state index in [1.807, 2.05) is 0 Å². The highest BCUT2D eigenvalue weighted by Crippen LogP contribution is 2.55. The molecule has 0 saturated heterocycles. The minimum Gasteiger partial charge on any atom is -0.462 e. The Morgan fingerprint density at radius 2 is 1.65 bits per heavy atom. The zero-order valence-corrected chi connectivity index (χ0v) is 12.2. The zero-order chi connectivity index (χ0) is 16.4. The van der Waals surface area contributed by atoms with Crippen LogP contribution in [0.4, 0.5) is 22.0 Å². The zero-order valence-electron chi connectivity index (χ0n) is 11.4. The fourth-order valence-corrected chi connectivity index (χ4v) is 1.79. The van der Waals surface area contributed by atoms with Crippen molar-refractivity contribution in [3.63, 3.8) is 0 Å². The molecular formula is C12H17F5O2S. The third kappa shape index (κ3) is 3.65. The smallest absolute Gasteiger partial charge is 0.399 e. The predicted octanol–water partition coefficient (Wildman–Crippen LogP) is 4.02. The molecule has 0 amide bonds. The maximum Gasteiger partial charge on any atom is 0.399 e. The lowest BCUT2D eigenvalue weighted by Gasteiger charge is -2.44. The molecular weight excluding hydrogens is 303 g/mol. The summed E-state index contributed by atoms with van der Waals surface area (Å²) in [7, 11) is 0. The van der Waals surface area contributed by atoms with Gasteiger partial charge in [0.1, 0.15) is 5.41 Å². The summed E-state index contributed by atoms with van der Waals surface area (Å²) in [6.45, 7) is 4.34. The van der Waals surface area contributed by atoms with E-state index in [2.05, 4.69) is 23.9 Å². The van der Waals surface area contributed by atoms with Crippen LogP contribution in [0.1, 0.15) is 27.2 Å². The van der Waals surface area contributed by atoms with Gasteiger partial charge in [-0.2, -0.15) is 25.8 Å². The normalized spacial score (nSPS) is 16.4. The fraction of sp³-hybridized carbons (Fsp3) is 0.750. The van der Waals surface area contributed by atoms with Crippen LogP contribution in [0.2, 0.25) is 0 Å². The molecule has 1 unspecified atom stereocenters. The third-order valence-corrected chi connectivity index (χ3v) is 3.67. The molecule has 0 rings (SSSR count). The summed E-state index contributed by atoms with van der Waals surface area (Å²) >= 11 is 3.66. The molecule has 0 aromatic rings. The summed E-state index contributed by atoms with van der Waals surface area (Å²) in [5.41, 5.74) is -3.26. The van der Waals surface area contributed by atoms with Crippen molar-refractivity contribution < 1.29 is 31.5 Å². The van der Waals surface area contributed by atoms with Crippen LogP contribution in [0.25, 0.3) is 0 Å². The number of carbonyl (C=O) groups excluding carboxylic acids is 1. The molecule has 0 saturated carbocycles. The monoisotopic (exact) mass is 320 g/mol. The predicted molar refractivity (Wildman–Crippen MR) is 67.9 cm³/mol. The van der Waals surface area contributed by atoms with Crippen LogP contribution in [-0.4, -0.2) is 29.4 Å². The number of hydrogen-bond donors (Lipinski definition) is 1. The standard InChI is InChI=1S/C12H17F5O2S/c1-5-8(18)19-7-6-10(4,20)11(13,14)9(2,3)12(15,16)17/h5,20H,1,6-7H2,2-4H3. The van der Waals surface area contributed by atoms with Gasteiger partial charge in [-0.3, -0.25) is 0 Å². The number of rotatable bonds is 6. The minimum atomic E-state index is -5.10. The van der Waals surface area contributed by atoms with Gasteiger partial charge in [0.15, 0.2) is 0 Å². The summed E-state index contributed by atoms with van der Waals surface area (Å²) < 4.78 is 68.7. The van der Waals surface area contributed by atoms with Crippen molar-refractivity contribution in [3.8, 4) is 0 Å². The van der Waals surface area contributed by atoms with Crippen molar-refractivity contribution in [2.75, 3.05) is 6.61 Å². The molecule has 118 valence electrons. The van der Waals surface area contributed by atoms with Crippen LogP contribution in [-0.2, 0) is 9.53 Å². The summed E-state index contributed by atoms with van der Waals surface area (Å²) in [5, 5.41) is 0. The molecule has 20 heavy (non-hydrogen) atoms. The number of alkyl halides is 5. The summed E-state index contributed by atoms with van der Waals surface area (Å²) in [6, 6.07) is 0. The van der Waals surface area contributed by atoms with Crippen molar-refractivity contribution in [1.29, 1.82) is 0 Å². The van der Waals surface area contributed by atoms with Gasteiger partial charge in [0, 0.05) is 12.5 Å². The van der Waals surface area contributed by atoms with Crippen molar-refractivity contribution in [3.05, 3.63) is 12.7 Å². The minimum absolute atomic E-state index is 0.414. The summed E-state index contributed by atoms with van der Waals surface area (Å²) in [4.78, 5) is 10.8. The van der Waals surface area contributed by atoms with Crippen LogP contribution in [0.15, 0.2) is 12.7 Å². The van der Waals surface area contributed by atoms with E-state index in [0.717, 1.165) is 13.0 Å². The van der Waals surface area contributed by atoms with Gasteiger partial charge in [-0.15, -0.1) is 0 Å². The number of halogens is 5. The van der Waals surface area contributed by atoms with Crippen molar-refractivity contribution in [1.82, 2.24) is 0 Å². The lowest BCUT2D eigenvalue weighted by Crippen LogP contribution is -2.58. The maximum absolute atomic E-state index is 14.1. The number of thiol groups is 1. The van der Waals surface area contributed by atoms with E-state index in [9.17, 15) is 26.7 Å². The average Bonchev–Trinajstić information content (AvgIpc) is 2.26. The Kier molecular flexibility index (Phi) is 5.68. The molecule has 0 aliphatic rings. The second-order valence-electron chi connectivity index (χ2n) is 5.09. The molecule has 8 heteroatoms. The molecule has 0 aromatic carbocycles. The Morgan fingerprint density at radius 1 is 1.20 bits per heavy atom. The van der Waals surface area contributed by atoms with Crippen LogP contribution in [0.5, 0.6) is 0 Å². The topological polar surface area (TPSA) is 26.3 Å². The first-order valence-corrected chi connectivity index (χ1v) is 6.11. The highest BCUT2D eigenvalue weighted by Gasteiger charge is 2.68. The largest absolute Gasteiger partial charge is 0.462 e. The molecule has 0 radical (unpaired) electrons. The Labute approximate surface area is 119 Å². The first kappa shape index (κ1) is 19.2. The number of hydrogen-bond acceptors (Lipinski definition) is 3. The molecule has 0 aliphatic carbocycles. The average molecular weight is 320 g/mol. The quantitative estimate of drug-likeness (QED) is 0.346. The van der Waals surface area contributed by atoms with E-state index < -0.39 is 41.3 Å². The molecule has 0 aromatic heterocycles. The molecule has 2 nitrogen and oxygen atoms in total. The van der Waals surface area contributed by atoms with E-state index in [4.69, 9.17) is 0 Å². The Hall–Kier alpha value is -0.790. The molecule has 0 aliphatic heterocycles. The third-order valence-electron chi connectivity index (χ3n) is 3.17. The van der Waals surface area contributed by atoms with Crippen molar-refractivity contribution in [2.45, 2.75) is 44.0 Å². The summed E-state index contributed by atoms with van der Waals surface area (Å²) in [6.07, 6.45) is -4.81.